The highest BCUT2D eigenvalue weighted by atomic mass is 31.2. The second kappa shape index (κ2) is 88.2. The fraction of sp³-hybridized carbons (Fsp3) is 0.680. The zero-order valence-corrected chi connectivity index (χ0v) is 74.2. The van der Waals surface area contributed by atoms with Crippen LogP contribution in [0.2, 0.25) is 0 Å². The molecule has 16 nitrogen and oxygen atoms in total. The van der Waals surface area contributed by atoms with E-state index < -0.39 is 91.5 Å². The van der Waals surface area contributed by atoms with Crippen molar-refractivity contribution in [3.63, 3.8) is 0 Å². The molecule has 0 spiro atoms. The number of unbranched alkanes of at least 4 members (excludes halogenated alkanes) is 34. The Balaban J connectivity index is 4.51. The van der Waals surface area contributed by atoms with E-state index in [9.17, 15) is 43.5 Å². The van der Waals surface area contributed by atoms with E-state index in [1.807, 2.05) is 0 Å². The van der Waals surface area contributed by atoms with Gasteiger partial charge < -0.3 is 34.2 Å². The van der Waals surface area contributed by atoms with E-state index in [2.05, 4.69) is 191 Å². The first-order valence-electron chi connectivity index (χ1n) is 45.4. The number of esters is 3. The lowest BCUT2D eigenvalue weighted by Crippen LogP contribution is -2.30. The minimum Gasteiger partial charge on any atom is -0.463 e. The molecule has 658 valence electrons. The molecule has 0 amide bonds. The molecule has 4 N–H and O–H groups in total. The van der Waals surface area contributed by atoms with E-state index in [-0.39, 0.29) is 19.3 Å². The third-order valence-electron chi connectivity index (χ3n) is 18.9. The number of aliphatic hydroxyl groups is 2. The predicted molar refractivity (Wildman–Crippen MR) is 482 cm³/mol. The SMILES string of the molecule is CC/C=C\C/C=C\C/C=C\C/C=C\C/C=C\C/C=C\CCCCCCCCCCCCCCCCC(=O)OCC(O)COP(=O)(O)OCC(O)COP(=O)(O)OCC(COC(=O)CCCCCCCCCCCCCCC/C=C\C/C=C\C/C=C\C/C=C\C/C=C\CC)OC(=O)CCCCCCCCC/C=C\C/C=C\C/C=C\CC. The molecule has 0 saturated heterocycles. The molecule has 0 aliphatic carbocycles. The second-order valence-corrected chi connectivity index (χ2v) is 32.9. The quantitative estimate of drug-likeness (QED) is 0.0146. The van der Waals surface area contributed by atoms with E-state index in [1.165, 1.54) is 116 Å². The van der Waals surface area contributed by atoms with Gasteiger partial charge >= 0.3 is 33.6 Å². The summed E-state index contributed by atoms with van der Waals surface area (Å²) in [6.45, 7) is 2.37. The summed E-state index contributed by atoms with van der Waals surface area (Å²) in [5, 5.41) is 20.7. The number of phosphoric acid groups is 2. The predicted octanol–water partition coefficient (Wildman–Crippen LogP) is 27.9. The maximum Gasteiger partial charge on any atom is 0.472 e. The standard InChI is InChI=1S/C97H164O16P2/c1-4-7-10-13-16-19-22-25-28-31-33-35-37-39-41-43-44-45-46-48-50-51-53-55-57-60-62-65-68-71-74-77-80-83-95(100)107-86-92(98)87-109-114(103,104)110-88-93(99)89-111-115(105,106)112-91-94(113-97(102)85-82-79-76-73-70-67-64-59-30-27-24-21-18-15-12-9-6-3)90-108-96(101)84-81-78-75-72-69-66-63-61-58-56-54-52-49-47-42-40-38-36-34-32-29-26-23-20-17-14-11-8-5-2/h7-12,16-21,25-30,33-36,39-42,44-45,92-94,98-99H,4-6,13-15,22-24,31-32,37-38,43,46-91H2,1-3H3,(H,103,104)(H,105,106)/b10-7-,11-8-,12-9-,19-16-,20-17-,21-18-,28-25-,29-26-,30-27-,35-33-,36-34-,41-39-,42-40-,45-44-. The van der Waals surface area contributed by atoms with E-state index in [0.29, 0.717) is 19.3 Å². The van der Waals surface area contributed by atoms with Crippen molar-refractivity contribution in [2.75, 3.05) is 39.6 Å². The Morgan fingerprint density at radius 1 is 0.243 bits per heavy atom. The average molecular weight is 1650 g/mol. The van der Waals surface area contributed by atoms with Crippen molar-refractivity contribution < 1.29 is 75.8 Å². The molecule has 5 atom stereocenters. The maximum absolute atomic E-state index is 13.0. The fourth-order valence-corrected chi connectivity index (χ4v) is 13.7. The summed E-state index contributed by atoms with van der Waals surface area (Å²) in [7, 11) is -9.81. The molecule has 0 saturated carbocycles. The molecular weight excluding hydrogens is 1480 g/mol. The van der Waals surface area contributed by atoms with Crippen LogP contribution in [0.3, 0.4) is 0 Å². The monoisotopic (exact) mass is 1650 g/mol. The van der Waals surface area contributed by atoms with Crippen molar-refractivity contribution in [2.45, 2.75) is 386 Å². The maximum atomic E-state index is 13.0. The first-order chi connectivity index (χ1) is 56.2. The van der Waals surface area contributed by atoms with Crippen molar-refractivity contribution in [1.29, 1.82) is 0 Å². The van der Waals surface area contributed by atoms with Gasteiger partial charge in [-0.3, -0.25) is 32.5 Å². The van der Waals surface area contributed by atoms with Crippen molar-refractivity contribution in [2.24, 2.45) is 0 Å². The molecule has 5 unspecified atom stereocenters. The van der Waals surface area contributed by atoms with Gasteiger partial charge in [-0.1, -0.05) is 371 Å². The van der Waals surface area contributed by atoms with Gasteiger partial charge in [0.2, 0.25) is 0 Å². The minimum absolute atomic E-state index is 0.0902. The number of ether oxygens (including phenoxy) is 3. The molecule has 0 radical (unpaired) electrons. The Morgan fingerprint density at radius 2 is 0.435 bits per heavy atom. The van der Waals surface area contributed by atoms with Gasteiger partial charge in [-0.25, -0.2) is 9.13 Å². The van der Waals surface area contributed by atoms with Crippen LogP contribution in [-0.2, 0) is 55.8 Å². The number of carbonyl (C=O) groups is 3. The van der Waals surface area contributed by atoms with Gasteiger partial charge in [-0.05, 0) is 148 Å². The largest absolute Gasteiger partial charge is 0.472 e. The molecular formula is C97H164O16P2. The molecule has 0 aromatic rings. The van der Waals surface area contributed by atoms with Gasteiger partial charge in [0.15, 0.2) is 6.10 Å². The van der Waals surface area contributed by atoms with Crippen LogP contribution in [0.1, 0.15) is 367 Å². The molecule has 0 aliphatic rings. The Kier molecular flexibility index (Phi) is 84.3. The summed E-state index contributed by atoms with van der Waals surface area (Å²) in [6.07, 6.45) is 114. The lowest BCUT2D eigenvalue weighted by Gasteiger charge is -2.21. The van der Waals surface area contributed by atoms with E-state index in [0.717, 1.165) is 193 Å². The number of hydrogen-bond acceptors (Lipinski definition) is 14. The summed E-state index contributed by atoms with van der Waals surface area (Å²) in [4.78, 5) is 58.9. The van der Waals surface area contributed by atoms with Crippen molar-refractivity contribution in [1.82, 2.24) is 0 Å². The van der Waals surface area contributed by atoms with Crippen LogP contribution in [0.15, 0.2) is 170 Å². The van der Waals surface area contributed by atoms with Crippen LogP contribution in [0.5, 0.6) is 0 Å². The molecule has 0 aromatic carbocycles. The Bertz CT molecular complexity index is 2770. The van der Waals surface area contributed by atoms with Crippen LogP contribution >= 0.6 is 15.6 Å². The van der Waals surface area contributed by atoms with Crippen LogP contribution in [-0.4, -0.2) is 95.9 Å². The highest BCUT2D eigenvalue weighted by Crippen LogP contribution is 2.45. The molecule has 0 aromatic heterocycles. The molecule has 0 bridgehead atoms. The van der Waals surface area contributed by atoms with E-state index in [4.69, 9.17) is 32.3 Å². The third-order valence-corrected chi connectivity index (χ3v) is 20.8. The van der Waals surface area contributed by atoms with Crippen LogP contribution in [0.4, 0.5) is 0 Å². The van der Waals surface area contributed by atoms with Crippen LogP contribution in [0, 0.1) is 0 Å². The Labute approximate surface area is 701 Å². The number of hydrogen-bond donors (Lipinski definition) is 4. The van der Waals surface area contributed by atoms with E-state index in [1.54, 1.807) is 0 Å². The first-order valence-corrected chi connectivity index (χ1v) is 48.4. The summed E-state index contributed by atoms with van der Waals surface area (Å²) in [5.74, 6) is -1.58. The molecule has 0 rings (SSSR count). The highest BCUT2D eigenvalue weighted by Gasteiger charge is 2.29. The average Bonchev–Trinajstić information content (AvgIpc) is 0.902. The van der Waals surface area contributed by atoms with Gasteiger partial charge in [0.25, 0.3) is 0 Å². The Morgan fingerprint density at radius 3 is 0.687 bits per heavy atom. The van der Waals surface area contributed by atoms with Gasteiger partial charge in [-0.15, -0.1) is 0 Å². The first kappa shape index (κ1) is 110. The molecule has 115 heavy (non-hydrogen) atoms. The van der Waals surface area contributed by atoms with Gasteiger partial charge in [0, 0.05) is 19.3 Å². The Hall–Kier alpha value is -5.09. The minimum atomic E-state index is -4.94. The highest BCUT2D eigenvalue weighted by molar-refractivity contribution is 7.47. The molecule has 0 fully saturated rings. The molecule has 0 aliphatic heterocycles. The normalized spacial score (nSPS) is 14.6. The summed E-state index contributed by atoms with van der Waals surface area (Å²) >= 11 is 0. The number of allylic oxidation sites excluding steroid dienone is 28. The summed E-state index contributed by atoms with van der Waals surface area (Å²) in [6, 6.07) is 0. The number of phosphoric ester groups is 2. The smallest absolute Gasteiger partial charge is 0.463 e. The topological polar surface area (TPSA) is 231 Å². The fourth-order valence-electron chi connectivity index (χ4n) is 12.1. The van der Waals surface area contributed by atoms with Gasteiger partial charge in [0.1, 0.15) is 25.4 Å². The van der Waals surface area contributed by atoms with Crippen molar-refractivity contribution >= 4 is 33.6 Å². The van der Waals surface area contributed by atoms with Gasteiger partial charge in [-0.2, -0.15) is 0 Å². The van der Waals surface area contributed by atoms with Crippen molar-refractivity contribution in [3.05, 3.63) is 170 Å². The lowest BCUT2D eigenvalue weighted by molar-refractivity contribution is -0.161. The van der Waals surface area contributed by atoms with Crippen LogP contribution in [0.25, 0.3) is 0 Å². The third kappa shape index (κ3) is 89.5. The molecule has 18 heteroatoms. The number of carbonyl (C=O) groups excluding carboxylic acids is 3. The zero-order valence-electron chi connectivity index (χ0n) is 72.4. The summed E-state index contributed by atoms with van der Waals surface area (Å²) < 4.78 is 61.4. The van der Waals surface area contributed by atoms with E-state index >= 15 is 0 Å². The second-order valence-electron chi connectivity index (χ2n) is 30.0. The molecule has 0 heterocycles. The van der Waals surface area contributed by atoms with Gasteiger partial charge in [0.05, 0.1) is 26.4 Å². The van der Waals surface area contributed by atoms with Crippen LogP contribution < -0.4 is 0 Å². The summed E-state index contributed by atoms with van der Waals surface area (Å²) in [5.41, 5.74) is 0. The zero-order chi connectivity index (χ0) is 83.6. The lowest BCUT2D eigenvalue weighted by atomic mass is 10.0. The van der Waals surface area contributed by atoms with Crippen molar-refractivity contribution in [3.8, 4) is 0 Å². The number of aliphatic hydroxyl groups excluding tert-OH is 2. The number of rotatable bonds is 85.